The van der Waals surface area contributed by atoms with Gasteiger partial charge < -0.3 is 19.9 Å². The van der Waals surface area contributed by atoms with Gasteiger partial charge in [-0.2, -0.15) is 0 Å². The van der Waals surface area contributed by atoms with Crippen LogP contribution in [0.1, 0.15) is 20.8 Å². The van der Waals surface area contributed by atoms with Crippen molar-refractivity contribution >= 4 is 17.9 Å². The summed E-state index contributed by atoms with van der Waals surface area (Å²) < 4.78 is 5.13. The first kappa shape index (κ1) is 18.0. The molecule has 1 aromatic rings. The molecule has 1 saturated heterocycles. The van der Waals surface area contributed by atoms with E-state index >= 15 is 0 Å². The number of anilines is 1. The Kier molecular flexibility index (Phi) is 6.34. The average Bonchev–Trinajstić information content (AvgIpc) is 2.59. The Morgan fingerprint density at radius 2 is 1.79 bits per heavy atom. The molecule has 1 aliphatic rings. The lowest BCUT2D eigenvalue weighted by Crippen LogP contribution is -2.52. The molecular weight excluding hydrogens is 310 g/mol. The Labute approximate surface area is 142 Å². The van der Waals surface area contributed by atoms with Crippen LogP contribution in [-0.4, -0.2) is 65.7 Å². The number of hydrogen-bond acceptors (Lipinski definition) is 6. The van der Waals surface area contributed by atoms with Crippen LogP contribution in [0.5, 0.6) is 0 Å². The molecule has 0 aromatic carbocycles. The van der Waals surface area contributed by atoms with E-state index < -0.39 is 0 Å². The lowest BCUT2D eigenvalue weighted by Gasteiger charge is -2.34. The van der Waals surface area contributed by atoms with Gasteiger partial charge in [-0.15, -0.1) is 0 Å². The zero-order chi connectivity index (χ0) is 17.5. The molecule has 2 rings (SSSR count). The maximum absolute atomic E-state index is 12.2. The van der Waals surface area contributed by atoms with E-state index in [0.717, 1.165) is 0 Å². The molecule has 24 heavy (non-hydrogen) atoms. The van der Waals surface area contributed by atoms with Crippen molar-refractivity contribution in [2.45, 2.75) is 26.9 Å². The molecule has 1 fully saturated rings. The first-order valence-electron chi connectivity index (χ1n) is 8.22. The van der Waals surface area contributed by atoms with E-state index in [1.807, 2.05) is 4.90 Å². The largest absolute Gasteiger partial charge is 0.463 e. The van der Waals surface area contributed by atoms with Gasteiger partial charge in [-0.1, -0.05) is 6.92 Å². The van der Waals surface area contributed by atoms with Crippen molar-refractivity contribution in [2.75, 3.05) is 37.6 Å². The smallest absolute Gasteiger partial charge is 0.317 e. The Balaban J connectivity index is 1.74. The van der Waals surface area contributed by atoms with Gasteiger partial charge in [-0.25, -0.2) is 14.8 Å². The average molecular weight is 335 g/mol. The topological polar surface area (TPSA) is 87.7 Å². The van der Waals surface area contributed by atoms with E-state index in [1.54, 1.807) is 44.1 Å². The molecule has 0 radical (unpaired) electrons. The number of amides is 2. The first-order valence-corrected chi connectivity index (χ1v) is 8.22. The van der Waals surface area contributed by atoms with Crippen molar-refractivity contribution < 1.29 is 14.3 Å². The van der Waals surface area contributed by atoms with E-state index in [0.29, 0.717) is 32.1 Å². The molecule has 0 saturated carbocycles. The molecule has 8 nitrogen and oxygen atoms in total. The normalized spacial score (nSPS) is 16.0. The molecule has 1 atom stereocenters. The highest BCUT2D eigenvalue weighted by Gasteiger charge is 2.23. The molecular formula is C16H25N5O3. The first-order chi connectivity index (χ1) is 11.5. The predicted molar refractivity (Wildman–Crippen MR) is 89.6 cm³/mol. The molecule has 2 amide bonds. The third kappa shape index (κ3) is 5.07. The molecule has 0 spiro atoms. The molecule has 8 heteroatoms. The summed E-state index contributed by atoms with van der Waals surface area (Å²) in [6.07, 6.45) is 3.27. The summed E-state index contributed by atoms with van der Waals surface area (Å²) in [5.41, 5.74) is 0. The number of rotatable bonds is 5. The number of urea groups is 1. The van der Waals surface area contributed by atoms with E-state index in [9.17, 15) is 9.59 Å². The maximum Gasteiger partial charge on any atom is 0.317 e. The fraction of sp³-hybridized carbons (Fsp3) is 0.625. The monoisotopic (exact) mass is 335 g/mol. The van der Waals surface area contributed by atoms with Gasteiger partial charge in [0.05, 0.1) is 12.0 Å². The summed E-state index contributed by atoms with van der Waals surface area (Å²) in [5.74, 6) is 0.0225. The van der Waals surface area contributed by atoms with Crippen molar-refractivity contribution in [3.05, 3.63) is 18.5 Å². The third-order valence-electron chi connectivity index (χ3n) is 3.72. The van der Waals surface area contributed by atoms with Gasteiger partial charge in [0.25, 0.3) is 0 Å². The third-order valence-corrected chi connectivity index (χ3v) is 3.72. The maximum atomic E-state index is 12.2. The number of nitrogens with one attached hydrogen (secondary N) is 1. The second kappa shape index (κ2) is 8.47. The van der Waals surface area contributed by atoms with E-state index in [-0.39, 0.29) is 30.6 Å². The van der Waals surface area contributed by atoms with E-state index in [4.69, 9.17) is 4.74 Å². The summed E-state index contributed by atoms with van der Waals surface area (Å²) in [5, 5.41) is 2.80. The lowest BCUT2D eigenvalue weighted by atomic mass is 10.2. The highest BCUT2D eigenvalue weighted by Crippen LogP contribution is 2.10. The lowest BCUT2D eigenvalue weighted by molar-refractivity contribution is -0.151. The molecule has 132 valence electrons. The van der Waals surface area contributed by atoms with Crippen molar-refractivity contribution in [3.8, 4) is 0 Å². The fourth-order valence-electron chi connectivity index (χ4n) is 2.35. The molecule has 0 aliphatic carbocycles. The van der Waals surface area contributed by atoms with Crippen molar-refractivity contribution in [3.63, 3.8) is 0 Å². The molecule has 2 heterocycles. The number of aromatic nitrogens is 2. The number of carbonyl (C=O) groups is 2. The van der Waals surface area contributed by atoms with E-state index in [2.05, 4.69) is 15.3 Å². The van der Waals surface area contributed by atoms with Gasteiger partial charge in [0.2, 0.25) is 5.95 Å². The highest BCUT2D eigenvalue weighted by molar-refractivity contribution is 5.76. The second-order valence-corrected chi connectivity index (χ2v) is 6.10. The summed E-state index contributed by atoms with van der Waals surface area (Å²) >= 11 is 0. The van der Waals surface area contributed by atoms with Crippen LogP contribution in [0.3, 0.4) is 0 Å². The predicted octanol–water partition coefficient (Wildman–Crippen LogP) is 0.896. The number of esters is 1. The van der Waals surface area contributed by atoms with Crippen LogP contribution in [0.25, 0.3) is 0 Å². The van der Waals surface area contributed by atoms with Crippen molar-refractivity contribution in [1.82, 2.24) is 20.2 Å². The van der Waals surface area contributed by atoms with Gasteiger partial charge in [0, 0.05) is 45.1 Å². The number of carbonyl (C=O) groups excluding carboxylic acids is 2. The van der Waals surface area contributed by atoms with Crippen LogP contribution in [0.2, 0.25) is 0 Å². The van der Waals surface area contributed by atoms with Gasteiger partial charge in [-0.05, 0) is 19.9 Å². The zero-order valence-corrected chi connectivity index (χ0v) is 14.4. The minimum Gasteiger partial charge on any atom is -0.463 e. The van der Waals surface area contributed by atoms with Gasteiger partial charge in [0.15, 0.2) is 0 Å². The number of ether oxygens (including phenoxy) is 1. The minimum atomic E-state index is -0.365. The van der Waals surface area contributed by atoms with Gasteiger partial charge >= 0.3 is 12.0 Å². The minimum absolute atomic E-state index is 0.149. The zero-order valence-electron chi connectivity index (χ0n) is 14.4. The number of nitrogens with zero attached hydrogens (tertiary/aromatic N) is 4. The number of piperazine rings is 1. The van der Waals surface area contributed by atoms with Crippen LogP contribution in [0.4, 0.5) is 10.7 Å². The quantitative estimate of drug-likeness (QED) is 0.804. The van der Waals surface area contributed by atoms with E-state index in [1.165, 1.54) is 0 Å². The SMILES string of the molecule is CC(C)OC(=O)[C@@H](C)CNC(=O)N1CCN(c2ncccn2)CC1. The highest BCUT2D eigenvalue weighted by atomic mass is 16.5. The Bertz CT molecular complexity index is 544. The molecule has 0 unspecified atom stereocenters. The molecule has 1 aromatic heterocycles. The van der Waals surface area contributed by atoms with Crippen LogP contribution in [0.15, 0.2) is 18.5 Å². The second-order valence-electron chi connectivity index (χ2n) is 6.10. The van der Waals surface area contributed by atoms with Gasteiger partial charge in [0.1, 0.15) is 0 Å². The molecule has 1 aliphatic heterocycles. The number of hydrogen-bond donors (Lipinski definition) is 1. The van der Waals surface area contributed by atoms with Crippen molar-refractivity contribution in [2.24, 2.45) is 5.92 Å². The van der Waals surface area contributed by atoms with Crippen molar-refractivity contribution in [1.29, 1.82) is 0 Å². The summed E-state index contributed by atoms with van der Waals surface area (Å²) in [7, 11) is 0. The summed E-state index contributed by atoms with van der Waals surface area (Å²) in [6.45, 7) is 8.18. The van der Waals surface area contributed by atoms with Crippen LogP contribution < -0.4 is 10.2 Å². The molecule has 0 bridgehead atoms. The summed E-state index contributed by atoms with van der Waals surface area (Å²) in [6, 6.07) is 1.62. The fourth-order valence-corrected chi connectivity index (χ4v) is 2.35. The van der Waals surface area contributed by atoms with Gasteiger partial charge in [-0.3, -0.25) is 4.79 Å². The van der Waals surface area contributed by atoms with Crippen LogP contribution >= 0.6 is 0 Å². The Morgan fingerprint density at radius 3 is 2.38 bits per heavy atom. The van der Waals surface area contributed by atoms with Crippen LogP contribution in [0, 0.1) is 5.92 Å². The summed E-state index contributed by atoms with van der Waals surface area (Å²) in [4.78, 5) is 36.2. The van der Waals surface area contributed by atoms with Crippen LogP contribution in [-0.2, 0) is 9.53 Å². The Hall–Kier alpha value is -2.38. The molecule has 1 N–H and O–H groups in total. The Morgan fingerprint density at radius 1 is 1.17 bits per heavy atom. The standard InChI is InChI=1S/C16H25N5O3/c1-12(2)24-14(22)13(3)11-19-16(23)21-9-7-20(8-10-21)15-17-5-4-6-18-15/h4-6,12-13H,7-11H2,1-3H3,(H,19,23)/t13-/m0/s1.